The highest BCUT2D eigenvalue weighted by Crippen LogP contribution is 2.14. The lowest BCUT2D eigenvalue weighted by atomic mass is 10.0. The van der Waals surface area contributed by atoms with Crippen LogP contribution in [0.5, 0.6) is 0 Å². The summed E-state index contributed by atoms with van der Waals surface area (Å²) in [6.45, 7) is -0.0938. The molecule has 2 aromatic carbocycles. The van der Waals surface area contributed by atoms with E-state index in [-0.39, 0.29) is 55.9 Å². The molecule has 77 heavy (non-hydrogen) atoms. The molecule has 0 saturated heterocycles. The van der Waals surface area contributed by atoms with Crippen molar-refractivity contribution < 1.29 is 78.3 Å². The van der Waals surface area contributed by atoms with Crippen molar-refractivity contribution in [2.24, 2.45) is 0 Å². The van der Waals surface area contributed by atoms with Gasteiger partial charge in [0, 0.05) is 65.0 Å². The fourth-order valence-electron chi connectivity index (χ4n) is 7.68. The zero-order chi connectivity index (χ0) is 57.6. The van der Waals surface area contributed by atoms with Gasteiger partial charge in [0.2, 0.25) is 35.4 Å². The van der Waals surface area contributed by atoms with Crippen LogP contribution in [0.15, 0.2) is 60.7 Å². The highest BCUT2D eigenvalue weighted by Gasteiger charge is 2.38. The SMILES string of the molecule is CN[C@@H](CNC(=O)[C@H](Cc1ccccc1)NC(=O)[C@H](Cc1ccccc1)NC(=O)CCCCCCCNC(=O)CC[C@@H](NC(=S)N[C@H](CCC(=O)O)C(=O)O)C(=O)O)C(=O)N(C)[C@@H](CC(=O)O)C(=O)N(C)[C@@H](CS)C(=O)O. The number of thiocarbonyl (C=S) groups is 1. The van der Waals surface area contributed by atoms with E-state index in [1.54, 1.807) is 60.7 Å². The second kappa shape index (κ2) is 35.0. The third-order valence-electron chi connectivity index (χ3n) is 12.1. The third kappa shape index (κ3) is 24.9. The Kier molecular flexibility index (Phi) is 29.9. The molecule has 12 N–H and O–H groups in total. The molecule has 0 aliphatic rings. The number of carboxylic acid groups (broad SMARTS) is 5. The average molecular weight is 1120 g/mol. The Balaban J connectivity index is 2.03. The van der Waals surface area contributed by atoms with Gasteiger partial charge < -0.3 is 72.5 Å². The number of aliphatic carboxylic acids is 5. The molecule has 6 amide bonds. The number of unbranched alkanes of at least 4 members (excludes halogenated alkanes) is 4. The number of carboxylic acids is 5. The van der Waals surface area contributed by atoms with Gasteiger partial charge >= 0.3 is 29.8 Å². The van der Waals surface area contributed by atoms with Crippen molar-refractivity contribution in [3.8, 4) is 0 Å². The van der Waals surface area contributed by atoms with Gasteiger partial charge in [-0.1, -0.05) is 79.9 Å². The molecule has 424 valence electrons. The number of likely N-dealkylation sites (N-methyl/N-ethyl adjacent to an activating group) is 3. The van der Waals surface area contributed by atoms with Gasteiger partial charge in [-0.05, 0) is 56.1 Å². The van der Waals surface area contributed by atoms with Crippen molar-refractivity contribution in [2.45, 2.75) is 126 Å². The number of rotatable bonds is 37. The summed E-state index contributed by atoms with van der Waals surface area (Å²) in [5.41, 5.74) is 1.39. The van der Waals surface area contributed by atoms with E-state index in [0.717, 1.165) is 22.4 Å². The van der Waals surface area contributed by atoms with Gasteiger partial charge in [0.15, 0.2) is 5.11 Å². The van der Waals surface area contributed by atoms with E-state index in [0.29, 0.717) is 44.2 Å². The molecule has 0 spiro atoms. The van der Waals surface area contributed by atoms with E-state index in [2.05, 4.69) is 49.8 Å². The first-order valence-corrected chi connectivity index (χ1v) is 25.8. The molecule has 0 aliphatic carbocycles. The molecule has 27 heteroatoms. The topological polar surface area (TPSA) is 380 Å². The van der Waals surface area contributed by atoms with E-state index in [4.69, 9.17) is 17.3 Å². The molecule has 7 atom stereocenters. The highest BCUT2D eigenvalue weighted by atomic mass is 32.1. The highest BCUT2D eigenvalue weighted by molar-refractivity contribution is 7.80. The van der Waals surface area contributed by atoms with Crippen molar-refractivity contribution in [3.05, 3.63) is 71.8 Å². The van der Waals surface area contributed by atoms with Gasteiger partial charge in [-0.2, -0.15) is 12.6 Å². The smallest absolute Gasteiger partial charge is 0.327 e. The first kappa shape index (κ1) is 65.7. The van der Waals surface area contributed by atoms with Crippen LogP contribution in [0, 0.1) is 0 Å². The summed E-state index contributed by atoms with van der Waals surface area (Å²) < 4.78 is 0. The van der Waals surface area contributed by atoms with E-state index in [9.17, 15) is 73.2 Å². The largest absolute Gasteiger partial charge is 0.481 e. The van der Waals surface area contributed by atoms with Crippen LogP contribution in [0.2, 0.25) is 0 Å². The van der Waals surface area contributed by atoms with Gasteiger partial charge in [-0.3, -0.25) is 38.4 Å². The summed E-state index contributed by atoms with van der Waals surface area (Å²) >= 11 is 9.00. The number of carbonyl (C=O) groups is 11. The lowest BCUT2D eigenvalue weighted by Gasteiger charge is -2.34. The van der Waals surface area contributed by atoms with E-state index in [1.807, 2.05) is 0 Å². The summed E-state index contributed by atoms with van der Waals surface area (Å²) in [7, 11) is 3.74. The maximum atomic E-state index is 14.1. The fraction of sp³-hybridized carbons (Fsp3) is 0.520. The molecular formula is C50H71N9O16S2. The first-order valence-electron chi connectivity index (χ1n) is 24.7. The predicted molar refractivity (Wildman–Crippen MR) is 285 cm³/mol. The Hall–Kier alpha value is -7.39. The maximum absolute atomic E-state index is 14.1. The van der Waals surface area contributed by atoms with Crippen molar-refractivity contribution in [1.82, 2.24) is 47.0 Å². The molecule has 0 aliphatic heterocycles. The number of nitrogens with zero attached hydrogens (tertiary/aromatic N) is 2. The minimum atomic E-state index is -1.62. The van der Waals surface area contributed by atoms with E-state index in [1.165, 1.54) is 14.1 Å². The fourth-order valence-corrected chi connectivity index (χ4v) is 8.36. The van der Waals surface area contributed by atoms with Crippen molar-refractivity contribution in [2.75, 3.05) is 40.0 Å². The lowest BCUT2D eigenvalue weighted by Crippen LogP contribution is -2.59. The number of amides is 6. The standard InChI is InChI=1S/C50H71N9O16S2/c1-51-36(45(68)58(2)37(27-42(64)65)46(69)59(3)38(29-76)49(74)75)28-53-43(66)34(25-30-15-9-7-10-16-30)55-44(67)35(26-31-17-11-8-12-18-31)54-40(61)19-13-5-4-6-14-24-52-39(60)22-20-32(47(70)71)56-50(77)57-33(48(72)73)21-23-41(62)63/h7-12,15-18,32-38,51,76H,4-6,13-14,19-29H2,1-3H3,(H,52,60)(H,53,66)(H,54,61)(H,55,67)(H,62,63)(H,64,65)(H,70,71)(H,72,73)(H,74,75)(H2,56,57,77)/t32-,33-,34+,35+,36+,37+,38+/m1/s1. The van der Waals surface area contributed by atoms with E-state index < -0.39 is 120 Å². The lowest BCUT2D eigenvalue weighted by molar-refractivity contribution is -0.154. The minimum absolute atomic E-state index is 0.00289. The van der Waals surface area contributed by atoms with Crippen LogP contribution in [0.1, 0.15) is 81.8 Å². The Morgan fingerprint density at radius 3 is 1.53 bits per heavy atom. The maximum Gasteiger partial charge on any atom is 0.327 e. The molecule has 0 saturated carbocycles. The quantitative estimate of drug-likeness (QED) is 0.0236. The molecule has 0 radical (unpaired) electrons. The molecule has 0 unspecified atom stereocenters. The predicted octanol–water partition coefficient (Wildman–Crippen LogP) is -0.239. The monoisotopic (exact) mass is 1120 g/mol. The van der Waals surface area contributed by atoms with Crippen LogP contribution >= 0.6 is 24.8 Å². The number of carbonyl (C=O) groups excluding carboxylic acids is 6. The number of thiol groups is 1. The molecule has 0 fully saturated rings. The van der Waals surface area contributed by atoms with Crippen LogP contribution in [-0.4, -0.2) is 188 Å². The number of nitrogens with one attached hydrogen (secondary N) is 7. The van der Waals surface area contributed by atoms with Crippen LogP contribution in [0.4, 0.5) is 0 Å². The van der Waals surface area contributed by atoms with Crippen molar-refractivity contribution in [1.29, 1.82) is 0 Å². The first-order chi connectivity index (χ1) is 36.5. The average Bonchev–Trinajstić information content (AvgIpc) is 3.38. The molecule has 0 aromatic heterocycles. The summed E-state index contributed by atoms with van der Waals surface area (Å²) in [4.78, 5) is 140. The van der Waals surface area contributed by atoms with Gasteiger partial charge in [0.1, 0.15) is 42.3 Å². The molecular weight excluding hydrogens is 1050 g/mol. The second-order valence-electron chi connectivity index (χ2n) is 17.9. The summed E-state index contributed by atoms with van der Waals surface area (Å²) in [6.07, 6.45) is 1.22. The van der Waals surface area contributed by atoms with Crippen LogP contribution in [0.3, 0.4) is 0 Å². The molecule has 2 aromatic rings. The van der Waals surface area contributed by atoms with Crippen LogP contribution in [0.25, 0.3) is 0 Å². The van der Waals surface area contributed by atoms with Gasteiger partial charge in [0.25, 0.3) is 0 Å². The zero-order valence-corrected chi connectivity index (χ0v) is 44.8. The normalized spacial score (nSPS) is 13.6. The minimum Gasteiger partial charge on any atom is -0.481 e. The Labute approximate surface area is 456 Å². The molecule has 2 rings (SSSR count). The molecule has 25 nitrogen and oxygen atoms in total. The second-order valence-corrected chi connectivity index (χ2v) is 18.7. The van der Waals surface area contributed by atoms with Gasteiger partial charge in [-0.15, -0.1) is 0 Å². The van der Waals surface area contributed by atoms with Gasteiger partial charge in [0.05, 0.1) is 6.42 Å². The third-order valence-corrected chi connectivity index (χ3v) is 12.7. The molecule has 0 heterocycles. The summed E-state index contributed by atoms with van der Waals surface area (Å²) in [6, 6.07) is 8.31. The summed E-state index contributed by atoms with van der Waals surface area (Å²) in [5.74, 6) is -11.0. The number of hydrogen-bond donors (Lipinski definition) is 13. The number of benzene rings is 2. The Bertz CT molecular complexity index is 2330. The number of hydrogen-bond acceptors (Lipinski definition) is 14. The summed E-state index contributed by atoms with van der Waals surface area (Å²) in [5, 5.41) is 65.1. The van der Waals surface area contributed by atoms with Gasteiger partial charge in [-0.25, -0.2) is 14.4 Å². The molecule has 0 bridgehead atoms. The zero-order valence-electron chi connectivity index (χ0n) is 43.1. The Morgan fingerprint density at radius 1 is 0.532 bits per heavy atom. The Morgan fingerprint density at radius 2 is 1.04 bits per heavy atom. The van der Waals surface area contributed by atoms with Crippen LogP contribution in [-0.2, 0) is 65.6 Å². The van der Waals surface area contributed by atoms with Crippen LogP contribution < -0.4 is 37.2 Å². The van der Waals surface area contributed by atoms with Crippen molar-refractivity contribution >= 4 is 95.2 Å². The van der Waals surface area contributed by atoms with Crippen molar-refractivity contribution in [3.63, 3.8) is 0 Å². The van der Waals surface area contributed by atoms with E-state index >= 15 is 0 Å².